The molecule has 0 aromatic carbocycles. The molecule has 0 N–H and O–H groups in total. The van der Waals surface area contributed by atoms with Gasteiger partial charge in [-0.15, -0.1) is 0 Å². The van der Waals surface area contributed by atoms with E-state index in [1.54, 1.807) is 4.90 Å². The second kappa shape index (κ2) is 5.73. The molecule has 120 valence electrons. The zero-order valence-electron chi connectivity index (χ0n) is 13.4. The minimum Gasteiger partial charge on any atom is -0.444 e. The lowest BCUT2D eigenvalue weighted by molar-refractivity contribution is 0.0202. The number of halogens is 1. The molecule has 0 saturated heterocycles. The van der Waals surface area contributed by atoms with Crippen LogP contribution in [0.4, 0.5) is 4.79 Å². The maximum Gasteiger partial charge on any atom is 0.410 e. The van der Waals surface area contributed by atoms with Crippen LogP contribution in [-0.4, -0.2) is 28.1 Å². The van der Waals surface area contributed by atoms with Gasteiger partial charge in [-0.1, -0.05) is 17.7 Å². The number of amides is 1. The number of hydrogen-bond donors (Lipinski definition) is 0. The van der Waals surface area contributed by atoms with Crippen molar-refractivity contribution < 1.29 is 9.53 Å². The molecule has 1 aliphatic heterocycles. The molecule has 1 aromatic rings. The van der Waals surface area contributed by atoms with Gasteiger partial charge in [0.2, 0.25) is 0 Å². The Bertz CT molecular complexity index is 579. The van der Waals surface area contributed by atoms with Crippen molar-refractivity contribution in [1.82, 2.24) is 9.88 Å². The lowest BCUT2D eigenvalue weighted by atomic mass is 9.95. The quantitative estimate of drug-likeness (QED) is 0.732. The van der Waals surface area contributed by atoms with Crippen LogP contribution < -0.4 is 0 Å². The SMILES string of the molecule is CC(C)(C)OC(=O)N1Cc2nc(Cl)ccc2CC(C2CC2)C1. The molecule has 22 heavy (non-hydrogen) atoms. The van der Waals surface area contributed by atoms with Gasteiger partial charge in [-0.3, -0.25) is 0 Å². The predicted molar refractivity (Wildman–Crippen MR) is 85.8 cm³/mol. The van der Waals surface area contributed by atoms with E-state index in [1.807, 2.05) is 26.8 Å². The number of aromatic nitrogens is 1. The molecule has 1 aliphatic carbocycles. The van der Waals surface area contributed by atoms with Crippen molar-refractivity contribution in [3.05, 3.63) is 28.5 Å². The fourth-order valence-corrected chi connectivity index (χ4v) is 3.22. The Hall–Kier alpha value is -1.29. The number of hydrogen-bond acceptors (Lipinski definition) is 3. The molecule has 5 heteroatoms. The van der Waals surface area contributed by atoms with E-state index >= 15 is 0 Å². The van der Waals surface area contributed by atoms with Crippen molar-refractivity contribution in [2.45, 2.75) is 52.2 Å². The lowest BCUT2D eigenvalue weighted by Crippen LogP contribution is -2.39. The summed E-state index contributed by atoms with van der Waals surface area (Å²) in [6, 6.07) is 3.89. The number of carbonyl (C=O) groups is 1. The molecule has 3 rings (SSSR count). The van der Waals surface area contributed by atoms with E-state index in [1.165, 1.54) is 18.4 Å². The summed E-state index contributed by atoms with van der Waals surface area (Å²) in [6.45, 7) is 6.90. The van der Waals surface area contributed by atoms with Crippen molar-refractivity contribution in [2.75, 3.05) is 6.54 Å². The van der Waals surface area contributed by atoms with Crippen LogP contribution in [0.15, 0.2) is 12.1 Å². The van der Waals surface area contributed by atoms with Crippen LogP contribution in [0.5, 0.6) is 0 Å². The molecule has 0 bridgehead atoms. The molecule has 1 unspecified atom stereocenters. The molecule has 1 amide bonds. The van der Waals surface area contributed by atoms with Gasteiger partial charge in [0, 0.05) is 6.54 Å². The van der Waals surface area contributed by atoms with Gasteiger partial charge in [0.05, 0.1) is 12.2 Å². The van der Waals surface area contributed by atoms with Crippen LogP contribution in [0.3, 0.4) is 0 Å². The third-order valence-corrected chi connectivity index (χ3v) is 4.46. The van der Waals surface area contributed by atoms with Gasteiger partial charge in [0.1, 0.15) is 10.8 Å². The van der Waals surface area contributed by atoms with Gasteiger partial charge in [0.15, 0.2) is 0 Å². The summed E-state index contributed by atoms with van der Waals surface area (Å²) in [5.74, 6) is 1.23. The Morgan fingerprint density at radius 1 is 1.32 bits per heavy atom. The van der Waals surface area contributed by atoms with Gasteiger partial charge < -0.3 is 9.64 Å². The van der Waals surface area contributed by atoms with Gasteiger partial charge in [-0.05, 0) is 63.5 Å². The minimum absolute atomic E-state index is 0.257. The maximum absolute atomic E-state index is 12.5. The van der Waals surface area contributed by atoms with Crippen molar-refractivity contribution in [3.8, 4) is 0 Å². The van der Waals surface area contributed by atoms with Crippen LogP contribution in [0.25, 0.3) is 0 Å². The Morgan fingerprint density at radius 2 is 2.05 bits per heavy atom. The minimum atomic E-state index is -0.483. The molecule has 1 saturated carbocycles. The first-order valence-corrected chi connectivity index (χ1v) is 8.32. The summed E-state index contributed by atoms with van der Waals surface area (Å²) in [5, 5.41) is 0.479. The molecule has 1 aromatic heterocycles. The largest absolute Gasteiger partial charge is 0.444 e. The van der Waals surface area contributed by atoms with Gasteiger partial charge in [-0.2, -0.15) is 0 Å². The molecular formula is C17H23ClN2O2. The normalized spacial score (nSPS) is 22.0. The number of carbonyl (C=O) groups excluding carboxylic acids is 1. The predicted octanol–water partition coefficient (Wildman–Crippen LogP) is 4.05. The first-order chi connectivity index (χ1) is 10.3. The topological polar surface area (TPSA) is 42.4 Å². The number of nitrogens with zero attached hydrogens (tertiary/aromatic N) is 2. The fraction of sp³-hybridized carbons (Fsp3) is 0.647. The Kier molecular flexibility index (Phi) is 4.06. The van der Waals surface area contributed by atoms with E-state index in [9.17, 15) is 4.79 Å². The molecule has 4 nitrogen and oxygen atoms in total. The van der Waals surface area contributed by atoms with E-state index in [0.29, 0.717) is 17.6 Å². The van der Waals surface area contributed by atoms with E-state index in [4.69, 9.17) is 16.3 Å². The smallest absolute Gasteiger partial charge is 0.410 e. The summed E-state index contributed by atoms with van der Waals surface area (Å²) in [4.78, 5) is 18.7. The highest BCUT2D eigenvalue weighted by Crippen LogP contribution is 2.40. The van der Waals surface area contributed by atoms with Crippen LogP contribution in [-0.2, 0) is 17.7 Å². The highest BCUT2D eigenvalue weighted by molar-refractivity contribution is 6.29. The van der Waals surface area contributed by atoms with Gasteiger partial charge >= 0.3 is 6.09 Å². The monoisotopic (exact) mass is 322 g/mol. The average molecular weight is 323 g/mol. The maximum atomic E-state index is 12.5. The van der Waals surface area contributed by atoms with Crippen molar-refractivity contribution in [2.24, 2.45) is 11.8 Å². The Balaban J connectivity index is 1.85. The van der Waals surface area contributed by atoms with E-state index in [0.717, 1.165) is 24.6 Å². The van der Waals surface area contributed by atoms with Gasteiger partial charge in [0.25, 0.3) is 0 Å². The average Bonchev–Trinajstić information content (AvgIpc) is 3.21. The third-order valence-electron chi connectivity index (χ3n) is 4.25. The summed E-state index contributed by atoms with van der Waals surface area (Å²) < 4.78 is 5.55. The number of rotatable bonds is 1. The molecule has 0 radical (unpaired) electrons. The molecule has 2 aliphatic rings. The van der Waals surface area contributed by atoms with Crippen LogP contribution in [0, 0.1) is 11.8 Å². The summed E-state index contributed by atoms with van der Waals surface area (Å²) in [6.07, 6.45) is 3.25. The van der Waals surface area contributed by atoms with E-state index < -0.39 is 5.60 Å². The molecule has 2 heterocycles. The zero-order valence-corrected chi connectivity index (χ0v) is 14.2. The second-order valence-electron chi connectivity index (χ2n) is 7.40. The van der Waals surface area contributed by atoms with E-state index in [2.05, 4.69) is 11.1 Å². The van der Waals surface area contributed by atoms with Crippen LogP contribution in [0.2, 0.25) is 5.15 Å². The van der Waals surface area contributed by atoms with Crippen LogP contribution in [0.1, 0.15) is 44.9 Å². The highest BCUT2D eigenvalue weighted by atomic mass is 35.5. The number of fused-ring (bicyclic) bond motifs is 1. The first-order valence-electron chi connectivity index (χ1n) is 7.94. The molecule has 0 spiro atoms. The first kappa shape index (κ1) is 15.6. The Morgan fingerprint density at radius 3 is 2.68 bits per heavy atom. The highest BCUT2D eigenvalue weighted by Gasteiger charge is 2.37. The lowest BCUT2D eigenvalue weighted by Gasteiger charge is -2.28. The second-order valence-corrected chi connectivity index (χ2v) is 7.79. The Labute approximate surface area is 136 Å². The standard InChI is InChI=1S/C17H23ClN2O2/c1-17(2,3)22-16(21)20-9-13(11-4-5-11)8-12-6-7-15(18)19-14(12)10-20/h6-7,11,13H,4-5,8-10H2,1-3H3. The molecular weight excluding hydrogens is 300 g/mol. The van der Waals surface area contributed by atoms with Gasteiger partial charge in [-0.25, -0.2) is 9.78 Å². The summed E-state index contributed by atoms with van der Waals surface area (Å²) in [5.41, 5.74) is 1.64. The zero-order chi connectivity index (χ0) is 15.9. The number of pyridine rings is 1. The number of ether oxygens (including phenoxy) is 1. The molecule has 1 fully saturated rings. The van der Waals surface area contributed by atoms with Crippen LogP contribution >= 0.6 is 11.6 Å². The van der Waals surface area contributed by atoms with E-state index in [-0.39, 0.29) is 6.09 Å². The van der Waals surface area contributed by atoms with Crippen molar-refractivity contribution in [1.29, 1.82) is 0 Å². The van der Waals surface area contributed by atoms with Crippen molar-refractivity contribution in [3.63, 3.8) is 0 Å². The summed E-state index contributed by atoms with van der Waals surface area (Å²) >= 11 is 6.03. The third kappa shape index (κ3) is 3.72. The molecule has 1 atom stereocenters. The fourth-order valence-electron chi connectivity index (χ4n) is 3.05. The summed E-state index contributed by atoms with van der Waals surface area (Å²) in [7, 11) is 0. The van der Waals surface area contributed by atoms with Crippen molar-refractivity contribution >= 4 is 17.7 Å².